The Morgan fingerprint density at radius 1 is 1.56 bits per heavy atom. The summed E-state index contributed by atoms with van der Waals surface area (Å²) in [6.45, 7) is 1.99. The average Bonchev–Trinajstić information content (AvgIpc) is 2.83. The Morgan fingerprint density at radius 3 is 2.88 bits per heavy atom. The minimum atomic E-state index is -1.08. The van der Waals surface area contributed by atoms with Crippen molar-refractivity contribution in [1.29, 1.82) is 0 Å². The highest BCUT2D eigenvalue weighted by Gasteiger charge is 2.50. The van der Waals surface area contributed by atoms with Gasteiger partial charge in [-0.25, -0.2) is 4.79 Å². The molecule has 0 saturated carbocycles. The zero-order chi connectivity index (χ0) is 11.8. The molecule has 0 bridgehead atoms. The average molecular weight is 287 g/mol. The molecule has 1 N–H and O–H groups in total. The van der Waals surface area contributed by atoms with Crippen molar-refractivity contribution in [3.63, 3.8) is 0 Å². The van der Waals surface area contributed by atoms with Crippen LogP contribution in [0.25, 0.3) is 0 Å². The molecule has 1 aliphatic rings. The number of carbonyl (C=O) groups is 2. The molecule has 1 aromatic rings. The summed E-state index contributed by atoms with van der Waals surface area (Å²) >= 11 is 3.20. The van der Waals surface area contributed by atoms with Crippen LogP contribution in [-0.2, 0) is 10.3 Å². The number of halogens is 1. The fraction of sp³-hybridized carbons (Fsp3) is 0.400. The smallest absolute Gasteiger partial charge is 0.325 e. The van der Waals surface area contributed by atoms with E-state index in [1.807, 2.05) is 0 Å². The van der Waals surface area contributed by atoms with Crippen LogP contribution in [0.5, 0.6) is 0 Å². The van der Waals surface area contributed by atoms with Crippen molar-refractivity contribution in [2.24, 2.45) is 0 Å². The van der Waals surface area contributed by atoms with Crippen LogP contribution in [0.15, 0.2) is 22.8 Å². The number of urea groups is 1. The van der Waals surface area contributed by atoms with Gasteiger partial charge in [0.2, 0.25) is 0 Å². The maximum atomic E-state index is 12.1. The Bertz CT molecular complexity index is 418. The van der Waals surface area contributed by atoms with E-state index in [0.717, 1.165) is 0 Å². The molecule has 2 rings (SSSR count). The van der Waals surface area contributed by atoms with Crippen molar-refractivity contribution in [3.05, 3.63) is 24.2 Å². The Morgan fingerprint density at radius 2 is 2.31 bits per heavy atom. The molecule has 86 valence electrons. The van der Waals surface area contributed by atoms with Crippen molar-refractivity contribution in [3.8, 4) is 0 Å². The molecule has 1 atom stereocenters. The maximum Gasteiger partial charge on any atom is 0.325 e. The second-order valence-electron chi connectivity index (χ2n) is 3.68. The number of carbonyl (C=O) groups excluding carboxylic acids is 2. The summed E-state index contributed by atoms with van der Waals surface area (Å²) in [7, 11) is 0. The number of rotatable bonds is 3. The topological polar surface area (TPSA) is 62.6 Å². The van der Waals surface area contributed by atoms with Crippen LogP contribution >= 0.6 is 15.9 Å². The Kier molecular flexibility index (Phi) is 2.75. The highest BCUT2D eigenvalue weighted by Crippen LogP contribution is 2.28. The third-order valence-corrected chi connectivity index (χ3v) is 2.95. The van der Waals surface area contributed by atoms with Gasteiger partial charge in [-0.1, -0.05) is 15.9 Å². The second-order valence-corrected chi connectivity index (χ2v) is 4.47. The molecule has 0 radical (unpaired) electrons. The van der Waals surface area contributed by atoms with Crippen LogP contribution in [-0.4, -0.2) is 28.7 Å². The van der Waals surface area contributed by atoms with Crippen LogP contribution < -0.4 is 5.32 Å². The van der Waals surface area contributed by atoms with E-state index in [0.29, 0.717) is 17.6 Å². The third kappa shape index (κ3) is 1.53. The minimum absolute atomic E-state index is 0.285. The van der Waals surface area contributed by atoms with Gasteiger partial charge in [-0.15, -0.1) is 0 Å². The van der Waals surface area contributed by atoms with Gasteiger partial charge in [0.25, 0.3) is 5.91 Å². The maximum absolute atomic E-state index is 12.1. The van der Waals surface area contributed by atoms with Crippen molar-refractivity contribution in [2.45, 2.75) is 12.5 Å². The van der Waals surface area contributed by atoms with Gasteiger partial charge in [0.05, 0.1) is 6.26 Å². The van der Waals surface area contributed by atoms with Crippen LogP contribution in [0.2, 0.25) is 0 Å². The van der Waals surface area contributed by atoms with Crippen molar-refractivity contribution < 1.29 is 14.0 Å². The number of hydrogen-bond donors (Lipinski definition) is 1. The van der Waals surface area contributed by atoms with E-state index < -0.39 is 5.54 Å². The van der Waals surface area contributed by atoms with Gasteiger partial charge >= 0.3 is 6.03 Å². The molecular weight excluding hydrogens is 276 g/mol. The highest BCUT2D eigenvalue weighted by atomic mass is 79.9. The number of amides is 3. The van der Waals surface area contributed by atoms with Gasteiger partial charge in [-0.2, -0.15) is 0 Å². The van der Waals surface area contributed by atoms with Gasteiger partial charge in [0, 0.05) is 11.9 Å². The lowest BCUT2D eigenvalue weighted by Gasteiger charge is -2.18. The van der Waals surface area contributed by atoms with E-state index in [2.05, 4.69) is 21.2 Å². The fourth-order valence-corrected chi connectivity index (χ4v) is 2.07. The summed E-state index contributed by atoms with van der Waals surface area (Å²) in [6, 6.07) is 2.98. The largest absolute Gasteiger partial charge is 0.466 e. The summed E-state index contributed by atoms with van der Waals surface area (Å²) in [6.07, 6.45) is 1.48. The molecule has 1 aromatic heterocycles. The Labute approximate surface area is 101 Å². The molecular formula is C10H11BrN2O3. The number of imide groups is 1. The van der Waals surface area contributed by atoms with E-state index in [4.69, 9.17) is 4.42 Å². The van der Waals surface area contributed by atoms with Gasteiger partial charge in [0.1, 0.15) is 5.76 Å². The van der Waals surface area contributed by atoms with Gasteiger partial charge in [-0.05, 0) is 19.1 Å². The summed E-state index contributed by atoms with van der Waals surface area (Å²) in [5.41, 5.74) is -1.08. The molecule has 0 aromatic carbocycles. The van der Waals surface area contributed by atoms with Crippen molar-refractivity contribution >= 4 is 27.9 Å². The van der Waals surface area contributed by atoms with Gasteiger partial charge < -0.3 is 9.73 Å². The quantitative estimate of drug-likeness (QED) is 0.676. The second kappa shape index (κ2) is 3.93. The fourth-order valence-electron chi connectivity index (χ4n) is 1.71. The van der Waals surface area contributed by atoms with E-state index in [-0.39, 0.29) is 11.9 Å². The predicted octanol–water partition coefficient (Wildman–Crippen LogP) is 1.44. The van der Waals surface area contributed by atoms with Crippen LogP contribution in [0.3, 0.4) is 0 Å². The minimum Gasteiger partial charge on any atom is -0.466 e. The molecule has 5 nitrogen and oxygen atoms in total. The molecule has 0 spiro atoms. The lowest BCUT2D eigenvalue weighted by atomic mass is 9.99. The summed E-state index contributed by atoms with van der Waals surface area (Å²) in [4.78, 5) is 24.9. The van der Waals surface area contributed by atoms with Crippen LogP contribution in [0.1, 0.15) is 12.7 Å². The van der Waals surface area contributed by atoms with E-state index in [1.165, 1.54) is 11.2 Å². The first-order valence-corrected chi connectivity index (χ1v) is 5.96. The summed E-state index contributed by atoms with van der Waals surface area (Å²) < 4.78 is 5.19. The van der Waals surface area contributed by atoms with Crippen LogP contribution in [0, 0.1) is 0 Å². The molecule has 6 heteroatoms. The molecule has 1 aliphatic heterocycles. The molecule has 3 amide bonds. The molecule has 16 heavy (non-hydrogen) atoms. The van der Waals surface area contributed by atoms with Gasteiger partial charge in [-0.3, -0.25) is 9.69 Å². The molecule has 1 fully saturated rings. The zero-order valence-corrected chi connectivity index (χ0v) is 10.3. The normalized spacial score (nSPS) is 25.0. The van der Waals surface area contributed by atoms with Gasteiger partial charge in [0.15, 0.2) is 5.54 Å². The number of hydrogen-bond acceptors (Lipinski definition) is 3. The summed E-state index contributed by atoms with van der Waals surface area (Å²) in [5.74, 6) is 0.162. The molecule has 2 heterocycles. The monoisotopic (exact) mass is 286 g/mol. The molecule has 1 saturated heterocycles. The number of alkyl halides is 1. The summed E-state index contributed by atoms with van der Waals surface area (Å²) in [5, 5.41) is 3.20. The first-order valence-electron chi connectivity index (χ1n) is 4.83. The third-order valence-electron chi connectivity index (χ3n) is 2.60. The highest BCUT2D eigenvalue weighted by molar-refractivity contribution is 9.09. The van der Waals surface area contributed by atoms with Crippen molar-refractivity contribution in [1.82, 2.24) is 10.2 Å². The number of nitrogens with one attached hydrogen (secondary N) is 1. The van der Waals surface area contributed by atoms with E-state index >= 15 is 0 Å². The predicted molar refractivity (Wildman–Crippen MR) is 60.1 cm³/mol. The lowest BCUT2D eigenvalue weighted by Crippen LogP contribution is -2.40. The molecule has 1 unspecified atom stereocenters. The van der Waals surface area contributed by atoms with Crippen LogP contribution in [0.4, 0.5) is 4.79 Å². The van der Waals surface area contributed by atoms with Crippen molar-refractivity contribution in [2.75, 3.05) is 11.9 Å². The zero-order valence-electron chi connectivity index (χ0n) is 8.70. The lowest BCUT2D eigenvalue weighted by molar-refractivity contribution is -0.131. The standard InChI is InChI=1S/C10H11BrN2O3/c1-10(7-3-2-6-16-7)8(14)13(5-4-11)9(15)12-10/h2-3,6H,4-5H2,1H3,(H,12,15). The van der Waals surface area contributed by atoms with E-state index in [9.17, 15) is 9.59 Å². The Hall–Kier alpha value is -1.30. The SMILES string of the molecule is CC1(c2ccco2)NC(=O)N(CCBr)C1=O. The first-order chi connectivity index (χ1) is 7.59. The number of nitrogens with zero attached hydrogens (tertiary/aromatic N) is 1. The Balaban J connectivity index is 2.32. The van der Waals surface area contributed by atoms with E-state index in [1.54, 1.807) is 19.1 Å². The molecule has 0 aliphatic carbocycles. The first kappa shape index (κ1) is 11.2. The number of furan rings is 1.